The Labute approximate surface area is 236 Å². The second kappa shape index (κ2) is 12.2. The number of ether oxygens (including phenoxy) is 1. The minimum absolute atomic E-state index is 0.0928. The molecule has 220 valence electrons. The number of aryl methyl sites for hydroxylation is 1. The van der Waals surface area contributed by atoms with E-state index in [0.29, 0.717) is 36.2 Å². The third-order valence-corrected chi connectivity index (χ3v) is 6.85. The van der Waals surface area contributed by atoms with Gasteiger partial charge in [0.2, 0.25) is 0 Å². The molecule has 0 aliphatic carbocycles. The van der Waals surface area contributed by atoms with Crippen LogP contribution in [-0.2, 0) is 35.1 Å². The van der Waals surface area contributed by atoms with E-state index < -0.39 is 29.4 Å². The zero-order chi connectivity index (χ0) is 29.9. The number of alkyl halides is 2. The molecule has 0 radical (unpaired) electrons. The van der Waals surface area contributed by atoms with Crippen molar-refractivity contribution >= 4 is 17.1 Å². The summed E-state index contributed by atoms with van der Waals surface area (Å²) in [7, 11) is 0. The number of hydrogen-bond acceptors (Lipinski definition) is 6. The van der Waals surface area contributed by atoms with Gasteiger partial charge in [0.15, 0.2) is 17.4 Å². The molecule has 0 spiro atoms. The van der Waals surface area contributed by atoms with Gasteiger partial charge in [-0.3, -0.25) is 28.0 Å². The van der Waals surface area contributed by atoms with Crippen LogP contribution in [0.3, 0.4) is 0 Å². The molecule has 3 aromatic heterocycles. The first kappa shape index (κ1) is 29.9. The highest BCUT2D eigenvalue weighted by Crippen LogP contribution is 2.30. The fourth-order valence-corrected chi connectivity index (χ4v) is 4.88. The van der Waals surface area contributed by atoms with Crippen molar-refractivity contribution in [2.45, 2.75) is 92.1 Å². The number of halogens is 2. The summed E-state index contributed by atoms with van der Waals surface area (Å²) in [5.74, 6) is -3.07. The third kappa shape index (κ3) is 6.01. The Morgan fingerprint density at radius 1 is 1.10 bits per heavy atom. The average Bonchev–Trinajstić information content (AvgIpc) is 3.55. The van der Waals surface area contributed by atoms with Crippen molar-refractivity contribution in [1.29, 1.82) is 0 Å². The number of carbonyl (C=O) groups excluding carboxylic acids is 1. The summed E-state index contributed by atoms with van der Waals surface area (Å²) in [6.07, 6.45) is 4.12. The lowest BCUT2D eigenvalue weighted by molar-refractivity contribution is -0.153. The predicted molar refractivity (Wildman–Crippen MR) is 151 cm³/mol. The highest BCUT2D eigenvalue weighted by atomic mass is 19.3. The molecule has 0 aliphatic heterocycles. The van der Waals surface area contributed by atoms with Crippen molar-refractivity contribution in [2.75, 3.05) is 0 Å². The van der Waals surface area contributed by atoms with E-state index in [1.54, 1.807) is 40.7 Å². The van der Waals surface area contributed by atoms with Gasteiger partial charge in [0.25, 0.3) is 11.5 Å². The van der Waals surface area contributed by atoms with Gasteiger partial charge >= 0.3 is 11.7 Å². The normalized spacial score (nSPS) is 12.7. The Bertz CT molecular complexity index is 1660. The Balaban J connectivity index is 1.90. The number of fused-ring (bicyclic) bond motifs is 1. The molecule has 0 saturated heterocycles. The van der Waals surface area contributed by atoms with Crippen LogP contribution in [0.5, 0.6) is 0 Å². The van der Waals surface area contributed by atoms with Gasteiger partial charge in [-0.2, -0.15) is 5.10 Å². The third-order valence-electron chi connectivity index (χ3n) is 6.85. The topological polar surface area (TPSA) is 106 Å². The maximum atomic E-state index is 13.9. The molecule has 0 fully saturated rings. The molecule has 4 aromatic rings. The quantitative estimate of drug-likeness (QED) is 0.220. The van der Waals surface area contributed by atoms with Gasteiger partial charge in [-0.05, 0) is 31.4 Å². The van der Waals surface area contributed by atoms with E-state index in [1.807, 2.05) is 20.8 Å². The zero-order valence-electron chi connectivity index (χ0n) is 24.1. The summed E-state index contributed by atoms with van der Waals surface area (Å²) in [5.41, 5.74) is 0.448. The number of imidazole rings is 1. The molecule has 4 rings (SSSR count). The van der Waals surface area contributed by atoms with E-state index in [4.69, 9.17) is 9.72 Å². The van der Waals surface area contributed by atoms with Gasteiger partial charge in [-0.1, -0.05) is 39.0 Å². The Kier molecular flexibility index (Phi) is 8.89. The van der Waals surface area contributed by atoms with Crippen LogP contribution >= 0.6 is 0 Å². The minimum atomic E-state index is -2.97. The first-order valence-corrected chi connectivity index (χ1v) is 14.0. The molecule has 0 aliphatic rings. The highest BCUT2D eigenvalue weighted by Gasteiger charge is 2.28. The van der Waals surface area contributed by atoms with Crippen LogP contribution in [-0.4, -0.2) is 34.4 Å². The molecule has 0 amide bonds. The molecule has 10 nitrogen and oxygen atoms in total. The van der Waals surface area contributed by atoms with Crippen molar-refractivity contribution in [3.63, 3.8) is 0 Å². The molecule has 1 aromatic carbocycles. The van der Waals surface area contributed by atoms with Crippen LogP contribution in [0.2, 0.25) is 0 Å². The van der Waals surface area contributed by atoms with Crippen molar-refractivity contribution in [1.82, 2.24) is 28.5 Å². The van der Waals surface area contributed by atoms with E-state index in [9.17, 15) is 23.2 Å². The number of esters is 1. The summed E-state index contributed by atoms with van der Waals surface area (Å²) >= 11 is 0. The SMILES string of the molecule is CCCC(=O)OC(CC)n1c(-c2cnn(Cc3cccc(C(C)(F)F)c3)c2)nc2c1c(=O)n(CCC)c(=O)n2CC. The predicted octanol–water partition coefficient (Wildman–Crippen LogP) is 5.07. The maximum Gasteiger partial charge on any atom is 0.332 e. The van der Waals surface area contributed by atoms with Crippen molar-refractivity contribution in [3.8, 4) is 11.4 Å². The zero-order valence-corrected chi connectivity index (χ0v) is 24.1. The molecule has 0 bridgehead atoms. The summed E-state index contributed by atoms with van der Waals surface area (Å²) in [5, 5.41) is 4.41. The van der Waals surface area contributed by atoms with Gasteiger partial charge in [0, 0.05) is 44.6 Å². The van der Waals surface area contributed by atoms with Crippen LogP contribution in [0.25, 0.3) is 22.6 Å². The smallest absolute Gasteiger partial charge is 0.332 e. The van der Waals surface area contributed by atoms with E-state index in [0.717, 1.165) is 6.92 Å². The lowest BCUT2D eigenvalue weighted by Crippen LogP contribution is -2.40. The Morgan fingerprint density at radius 2 is 1.85 bits per heavy atom. The Morgan fingerprint density at radius 3 is 2.49 bits per heavy atom. The number of aromatic nitrogens is 6. The molecule has 3 heterocycles. The lowest BCUT2D eigenvalue weighted by atomic mass is 10.1. The maximum absolute atomic E-state index is 13.9. The largest absolute Gasteiger partial charge is 0.441 e. The van der Waals surface area contributed by atoms with Gasteiger partial charge < -0.3 is 4.74 Å². The lowest BCUT2D eigenvalue weighted by Gasteiger charge is -2.20. The molecular weight excluding hydrogens is 534 g/mol. The van der Waals surface area contributed by atoms with Crippen LogP contribution in [0.4, 0.5) is 8.78 Å². The second-order valence-electron chi connectivity index (χ2n) is 10.1. The summed E-state index contributed by atoms with van der Waals surface area (Å²) < 4.78 is 39.3. The first-order chi connectivity index (χ1) is 19.5. The molecule has 41 heavy (non-hydrogen) atoms. The van der Waals surface area contributed by atoms with Gasteiger partial charge in [-0.15, -0.1) is 0 Å². The molecule has 0 N–H and O–H groups in total. The van der Waals surface area contributed by atoms with Gasteiger partial charge in [0.05, 0.1) is 18.3 Å². The minimum Gasteiger partial charge on any atom is -0.441 e. The van der Waals surface area contributed by atoms with Crippen LogP contribution < -0.4 is 11.2 Å². The van der Waals surface area contributed by atoms with E-state index in [1.165, 1.54) is 21.3 Å². The summed E-state index contributed by atoms with van der Waals surface area (Å²) in [4.78, 5) is 44.2. The fraction of sp³-hybridized carbons (Fsp3) is 0.483. The first-order valence-electron chi connectivity index (χ1n) is 14.0. The summed E-state index contributed by atoms with van der Waals surface area (Å²) in [6.45, 7) is 8.96. The highest BCUT2D eigenvalue weighted by molar-refractivity contribution is 5.77. The molecule has 1 atom stereocenters. The number of hydrogen-bond donors (Lipinski definition) is 0. The van der Waals surface area contributed by atoms with Crippen molar-refractivity contribution in [2.24, 2.45) is 0 Å². The molecule has 1 unspecified atom stereocenters. The Hall–Kier alpha value is -4.09. The monoisotopic (exact) mass is 570 g/mol. The number of rotatable bonds is 12. The average molecular weight is 571 g/mol. The summed E-state index contributed by atoms with van der Waals surface area (Å²) in [6, 6.07) is 6.13. The standard InChI is InChI=1S/C29H36F2N6O4/c1-6-11-23(38)41-22(8-3)37-24-26(35(9-4)28(40)36(14-7-2)27(24)39)33-25(37)20-16-32-34(18-20)17-19-12-10-13-21(15-19)29(5,30)31/h10,12-13,15-16,18,22H,6-9,11,14,17H2,1-5H3. The second-order valence-corrected chi connectivity index (χ2v) is 10.1. The fourth-order valence-electron chi connectivity index (χ4n) is 4.88. The molecular formula is C29H36F2N6O4. The van der Waals surface area contributed by atoms with E-state index >= 15 is 0 Å². The van der Waals surface area contributed by atoms with Crippen LogP contribution in [0.1, 0.15) is 77.7 Å². The van der Waals surface area contributed by atoms with Crippen molar-refractivity contribution < 1.29 is 18.3 Å². The van der Waals surface area contributed by atoms with E-state index in [-0.39, 0.29) is 42.8 Å². The number of nitrogens with zero attached hydrogens (tertiary/aromatic N) is 6. The van der Waals surface area contributed by atoms with Crippen LogP contribution in [0, 0.1) is 0 Å². The van der Waals surface area contributed by atoms with Crippen LogP contribution in [0.15, 0.2) is 46.2 Å². The van der Waals surface area contributed by atoms with Gasteiger partial charge in [0.1, 0.15) is 5.82 Å². The van der Waals surface area contributed by atoms with Crippen molar-refractivity contribution in [3.05, 3.63) is 68.6 Å². The number of benzene rings is 1. The number of carbonyl (C=O) groups is 1. The van der Waals surface area contributed by atoms with E-state index in [2.05, 4.69) is 5.10 Å². The molecule has 12 heteroatoms. The van der Waals surface area contributed by atoms with Gasteiger partial charge in [-0.25, -0.2) is 18.6 Å². The molecule has 0 saturated carbocycles.